The Morgan fingerprint density at radius 1 is 1.29 bits per heavy atom. The molecule has 0 radical (unpaired) electrons. The number of methoxy groups -OCH3 is 1. The lowest BCUT2D eigenvalue weighted by molar-refractivity contribution is -0.169. The number of carbonyl (C=O) groups is 1. The summed E-state index contributed by atoms with van der Waals surface area (Å²) in [6.45, 7) is -0.811. The lowest BCUT2D eigenvalue weighted by Gasteiger charge is -2.21. The first-order valence-corrected chi connectivity index (χ1v) is 3.85. The summed E-state index contributed by atoms with van der Waals surface area (Å²) in [5, 5.41) is 44.2. The van der Waals surface area contributed by atoms with Gasteiger partial charge in [0.15, 0.2) is 0 Å². The third kappa shape index (κ3) is 3.29. The molecule has 7 heteroatoms. The van der Waals surface area contributed by atoms with E-state index in [0.29, 0.717) is 0 Å². The smallest absolute Gasteiger partial charge is 0.219 e. The number of aliphatic hydroxyl groups excluding tert-OH is 5. The van der Waals surface area contributed by atoms with E-state index in [1.807, 2.05) is 0 Å². The predicted octanol–water partition coefficient (Wildman–Crippen LogP) is -3.40. The van der Waals surface area contributed by atoms with Crippen molar-refractivity contribution in [3.8, 4) is 0 Å². The predicted molar refractivity (Wildman–Crippen MR) is 43.1 cm³/mol. The zero-order valence-electron chi connectivity index (χ0n) is 7.57. The van der Waals surface area contributed by atoms with Crippen molar-refractivity contribution in [2.24, 2.45) is 0 Å². The minimum absolute atomic E-state index is 0.811. The molecule has 0 aliphatic carbocycles. The third-order valence-electron chi connectivity index (χ3n) is 1.66. The highest BCUT2D eigenvalue weighted by molar-refractivity contribution is 5.86. The molecule has 0 saturated carbocycles. The third-order valence-corrected chi connectivity index (χ3v) is 1.66. The van der Waals surface area contributed by atoms with Crippen molar-refractivity contribution in [2.45, 2.75) is 24.6 Å². The van der Waals surface area contributed by atoms with Gasteiger partial charge in [-0.2, -0.15) is 0 Å². The van der Waals surface area contributed by atoms with Crippen LogP contribution in [0, 0.1) is 0 Å². The second-order valence-electron chi connectivity index (χ2n) is 2.68. The van der Waals surface area contributed by atoms with Crippen molar-refractivity contribution in [3.05, 3.63) is 0 Å². The highest BCUT2D eigenvalue weighted by Gasteiger charge is 2.33. The second-order valence-corrected chi connectivity index (χ2v) is 2.68. The van der Waals surface area contributed by atoms with E-state index in [4.69, 9.17) is 25.5 Å². The standard InChI is InChI=1S/C7H14O7/c1-14-7(13)6(12)5(11)4(10)3(9)2-8/h3-5,7-11,13H,2H2,1H3/t3-,4-,5+,7?/m1/s1. The van der Waals surface area contributed by atoms with E-state index in [9.17, 15) is 4.79 Å². The van der Waals surface area contributed by atoms with Crippen LogP contribution in [0.1, 0.15) is 0 Å². The number of Topliss-reactive ketones (excluding diaryl/α,β-unsaturated/α-hetero) is 1. The van der Waals surface area contributed by atoms with Crippen LogP contribution >= 0.6 is 0 Å². The molecule has 0 spiro atoms. The van der Waals surface area contributed by atoms with Crippen LogP contribution in [-0.4, -0.2) is 69.6 Å². The first-order valence-electron chi connectivity index (χ1n) is 3.85. The number of hydrogen-bond acceptors (Lipinski definition) is 7. The average molecular weight is 210 g/mol. The fourth-order valence-corrected chi connectivity index (χ4v) is 0.749. The fourth-order valence-electron chi connectivity index (χ4n) is 0.749. The van der Waals surface area contributed by atoms with E-state index < -0.39 is 37.0 Å². The summed E-state index contributed by atoms with van der Waals surface area (Å²) in [5.41, 5.74) is 0. The summed E-state index contributed by atoms with van der Waals surface area (Å²) in [4.78, 5) is 11.0. The van der Waals surface area contributed by atoms with Crippen molar-refractivity contribution >= 4 is 5.78 Å². The van der Waals surface area contributed by atoms with Crippen molar-refractivity contribution in [2.75, 3.05) is 13.7 Å². The van der Waals surface area contributed by atoms with Gasteiger partial charge < -0.3 is 30.3 Å². The molecule has 0 amide bonds. The monoisotopic (exact) mass is 210 g/mol. The normalized spacial score (nSPS) is 19.9. The van der Waals surface area contributed by atoms with E-state index in [1.54, 1.807) is 0 Å². The second kappa shape index (κ2) is 6.02. The molecule has 0 aliphatic heterocycles. The Bertz CT molecular complexity index is 183. The minimum Gasteiger partial charge on any atom is -0.394 e. The van der Waals surface area contributed by atoms with E-state index in [1.165, 1.54) is 0 Å². The summed E-state index contributed by atoms with van der Waals surface area (Å²) in [5.74, 6) is -1.19. The lowest BCUT2D eigenvalue weighted by Crippen LogP contribution is -2.47. The van der Waals surface area contributed by atoms with Crippen LogP contribution in [0.5, 0.6) is 0 Å². The molecule has 0 rings (SSSR count). The summed E-state index contributed by atoms with van der Waals surface area (Å²) in [6.07, 6.45) is -7.40. The van der Waals surface area contributed by atoms with Crippen LogP contribution in [-0.2, 0) is 9.53 Å². The van der Waals surface area contributed by atoms with Gasteiger partial charge in [0.2, 0.25) is 12.1 Å². The van der Waals surface area contributed by atoms with Crippen LogP contribution in [0.25, 0.3) is 0 Å². The van der Waals surface area contributed by atoms with Gasteiger partial charge in [0.05, 0.1) is 6.61 Å². The number of aliphatic hydroxyl groups is 5. The fraction of sp³-hybridized carbons (Fsp3) is 0.857. The van der Waals surface area contributed by atoms with Gasteiger partial charge in [0.25, 0.3) is 0 Å². The SMILES string of the molecule is COC(O)C(=O)[C@@H](O)[C@H](O)[C@H](O)CO. The Labute approximate surface area is 80.2 Å². The van der Waals surface area contributed by atoms with Gasteiger partial charge in [-0.05, 0) is 0 Å². The van der Waals surface area contributed by atoms with E-state index in [-0.39, 0.29) is 0 Å². The lowest BCUT2D eigenvalue weighted by atomic mass is 10.0. The zero-order chi connectivity index (χ0) is 11.3. The van der Waals surface area contributed by atoms with E-state index >= 15 is 0 Å². The maximum atomic E-state index is 11.0. The Kier molecular flexibility index (Phi) is 5.77. The number of hydrogen-bond donors (Lipinski definition) is 5. The van der Waals surface area contributed by atoms with Gasteiger partial charge in [-0.3, -0.25) is 4.79 Å². The Hall–Kier alpha value is -0.570. The molecule has 0 saturated heterocycles. The number of ketones is 1. The van der Waals surface area contributed by atoms with Crippen LogP contribution in [0.3, 0.4) is 0 Å². The van der Waals surface area contributed by atoms with Gasteiger partial charge in [0, 0.05) is 7.11 Å². The topological polar surface area (TPSA) is 127 Å². The van der Waals surface area contributed by atoms with Crippen LogP contribution in [0.15, 0.2) is 0 Å². The Morgan fingerprint density at radius 3 is 2.14 bits per heavy atom. The molecule has 0 bridgehead atoms. The van der Waals surface area contributed by atoms with Crippen molar-refractivity contribution in [1.82, 2.24) is 0 Å². The molecular formula is C7H14O7. The molecule has 4 atom stereocenters. The van der Waals surface area contributed by atoms with Gasteiger partial charge in [-0.25, -0.2) is 0 Å². The molecule has 0 aromatic rings. The number of ether oxygens (including phenoxy) is 1. The van der Waals surface area contributed by atoms with Crippen molar-refractivity contribution < 1.29 is 35.1 Å². The molecule has 1 unspecified atom stereocenters. The highest BCUT2D eigenvalue weighted by atomic mass is 16.6. The number of carbonyl (C=O) groups excluding carboxylic acids is 1. The average Bonchev–Trinajstić information content (AvgIpc) is 2.23. The maximum absolute atomic E-state index is 11.0. The first kappa shape index (κ1) is 13.4. The van der Waals surface area contributed by atoms with Crippen molar-refractivity contribution in [3.63, 3.8) is 0 Å². The molecule has 0 fully saturated rings. The summed E-state index contributed by atoms with van der Waals surface area (Å²) < 4.78 is 4.19. The molecule has 84 valence electrons. The van der Waals surface area contributed by atoms with E-state index in [2.05, 4.69) is 4.74 Å². The molecule has 0 heterocycles. The largest absolute Gasteiger partial charge is 0.394 e. The van der Waals surface area contributed by atoms with Gasteiger partial charge >= 0.3 is 0 Å². The molecule has 14 heavy (non-hydrogen) atoms. The minimum atomic E-state index is -2.01. The summed E-state index contributed by atoms with van der Waals surface area (Å²) in [6, 6.07) is 0. The Balaban J connectivity index is 4.30. The Morgan fingerprint density at radius 2 is 1.79 bits per heavy atom. The summed E-state index contributed by atoms with van der Waals surface area (Å²) in [7, 11) is 1.03. The molecule has 0 aromatic heterocycles. The van der Waals surface area contributed by atoms with Crippen LogP contribution < -0.4 is 0 Å². The van der Waals surface area contributed by atoms with Crippen molar-refractivity contribution in [1.29, 1.82) is 0 Å². The van der Waals surface area contributed by atoms with E-state index in [0.717, 1.165) is 7.11 Å². The molecular weight excluding hydrogens is 196 g/mol. The quantitative estimate of drug-likeness (QED) is 0.289. The first-order chi connectivity index (χ1) is 6.45. The van der Waals surface area contributed by atoms with Crippen LogP contribution in [0.4, 0.5) is 0 Å². The summed E-state index contributed by atoms with van der Waals surface area (Å²) >= 11 is 0. The molecule has 5 N–H and O–H groups in total. The molecule has 0 aliphatic rings. The van der Waals surface area contributed by atoms with Gasteiger partial charge in [0.1, 0.15) is 18.3 Å². The maximum Gasteiger partial charge on any atom is 0.219 e. The number of rotatable bonds is 6. The zero-order valence-corrected chi connectivity index (χ0v) is 7.57. The molecule has 0 aromatic carbocycles. The van der Waals surface area contributed by atoms with Gasteiger partial charge in [-0.15, -0.1) is 0 Å². The highest BCUT2D eigenvalue weighted by Crippen LogP contribution is 2.04. The molecule has 7 nitrogen and oxygen atoms in total. The van der Waals surface area contributed by atoms with Gasteiger partial charge in [-0.1, -0.05) is 0 Å². The van der Waals surface area contributed by atoms with Crippen LogP contribution in [0.2, 0.25) is 0 Å².